The molecule has 0 amide bonds. The average molecular weight is 388 g/mol. The van der Waals surface area contributed by atoms with E-state index in [0.29, 0.717) is 3.72 Å². The van der Waals surface area contributed by atoms with Crippen LogP contribution in [0.1, 0.15) is 60.5 Å². The zero-order valence-corrected chi connectivity index (χ0v) is 18.3. The van der Waals surface area contributed by atoms with Crippen molar-refractivity contribution in [2.75, 3.05) is 0 Å². The molecule has 2 unspecified atom stereocenters. The van der Waals surface area contributed by atoms with Gasteiger partial charge in [0.05, 0.1) is 0 Å². The van der Waals surface area contributed by atoms with Gasteiger partial charge >= 0.3 is 138 Å². The molecule has 0 bridgehead atoms. The minimum absolute atomic E-state index is 0. The number of H-pyrrole nitrogens is 1. The molecule has 1 aromatic rings. The van der Waals surface area contributed by atoms with Crippen LogP contribution in [0.5, 0.6) is 0 Å². The van der Waals surface area contributed by atoms with E-state index in [1.165, 1.54) is 12.0 Å². The van der Waals surface area contributed by atoms with Crippen molar-refractivity contribution >= 4 is 4.00 Å². The Morgan fingerprint density at radius 2 is 1.74 bits per heavy atom. The summed E-state index contributed by atoms with van der Waals surface area (Å²) in [5.74, 6) is 0.816. The van der Waals surface area contributed by atoms with Crippen LogP contribution >= 0.6 is 0 Å². The van der Waals surface area contributed by atoms with E-state index < -0.39 is 0 Å². The van der Waals surface area contributed by atoms with Gasteiger partial charge < -0.3 is 24.8 Å². The molecule has 1 nitrogen and oxygen atoms in total. The standard InChI is InChI=1S/C11H15.C8H12N.2ClH.Ti/c1-6-5-10-8(3)7(2)9(4)11(6)10;1-8(2,3)7-4-5-9-6-7;;;/h6H,5H2,1-4H3;4-5,9H,1-3H3;2*1H;/q;;;;+2/p-2. The maximum Gasteiger partial charge on any atom is -1.00 e. The van der Waals surface area contributed by atoms with Gasteiger partial charge in [0.2, 0.25) is 0 Å². The van der Waals surface area contributed by atoms with Crippen molar-refractivity contribution in [2.24, 2.45) is 5.92 Å². The maximum atomic E-state index is 3.60. The second kappa shape index (κ2) is 6.75. The SMILES string of the molecule is CC1=C(C)[C]2([Ti+2][c]3[nH]ccc3C(C)(C)C)C(=C1C)CC2C.[Cl-].[Cl-]. The first kappa shape index (κ1) is 21.1. The van der Waals surface area contributed by atoms with Gasteiger partial charge in [-0.05, 0) is 0 Å². The van der Waals surface area contributed by atoms with E-state index in [1.54, 1.807) is 26.3 Å². The predicted molar refractivity (Wildman–Crippen MR) is 86.7 cm³/mol. The fourth-order valence-electron chi connectivity index (χ4n) is 4.22. The molecule has 2 atom stereocenters. The maximum absolute atomic E-state index is 3.60. The van der Waals surface area contributed by atoms with Crippen molar-refractivity contribution in [1.29, 1.82) is 0 Å². The van der Waals surface area contributed by atoms with Gasteiger partial charge in [0.25, 0.3) is 0 Å². The van der Waals surface area contributed by atoms with Gasteiger partial charge in [-0.25, -0.2) is 0 Å². The number of aromatic amines is 1. The Morgan fingerprint density at radius 1 is 1.13 bits per heavy atom. The first-order valence-corrected chi connectivity index (χ1v) is 9.60. The van der Waals surface area contributed by atoms with Gasteiger partial charge in [-0.15, -0.1) is 0 Å². The summed E-state index contributed by atoms with van der Waals surface area (Å²) in [6, 6.07) is 2.30. The fraction of sp³-hybridized carbons (Fsp3) is 0.579. The summed E-state index contributed by atoms with van der Waals surface area (Å²) in [7, 11) is 0. The summed E-state index contributed by atoms with van der Waals surface area (Å²) in [6.07, 6.45) is 3.46. The molecular weight excluding hydrogens is 361 g/mol. The van der Waals surface area contributed by atoms with Crippen LogP contribution < -0.4 is 28.8 Å². The summed E-state index contributed by atoms with van der Waals surface area (Å²) in [4.78, 5) is 3.60. The molecule has 1 N–H and O–H groups in total. The Kier molecular flexibility index (Phi) is 6.19. The largest absolute Gasteiger partial charge is 1.00 e. The number of halogens is 2. The molecule has 1 heterocycles. The summed E-state index contributed by atoms with van der Waals surface area (Å²) >= 11 is -0.235. The quantitative estimate of drug-likeness (QED) is 0.619. The Morgan fingerprint density at radius 3 is 2.22 bits per heavy atom. The van der Waals surface area contributed by atoms with Crippen molar-refractivity contribution in [3.05, 3.63) is 40.1 Å². The molecule has 1 saturated carbocycles. The Bertz CT molecular complexity index is 643. The number of hydrogen-bond acceptors (Lipinski definition) is 0. The molecule has 4 heteroatoms. The number of fused-ring (bicyclic) bond motifs is 1. The van der Waals surface area contributed by atoms with Crippen LogP contribution in [0.2, 0.25) is 3.72 Å². The van der Waals surface area contributed by atoms with Gasteiger partial charge in [0, 0.05) is 0 Å². The molecule has 0 aliphatic heterocycles. The topological polar surface area (TPSA) is 15.8 Å². The second-order valence-corrected chi connectivity index (χ2v) is 10.3. The molecule has 2 aliphatic rings. The van der Waals surface area contributed by atoms with Gasteiger partial charge in [0.15, 0.2) is 0 Å². The third-order valence-electron chi connectivity index (χ3n) is 5.77. The van der Waals surface area contributed by atoms with Crippen LogP contribution in [0.3, 0.4) is 0 Å². The number of allylic oxidation sites excluding steroid dienone is 4. The molecule has 0 aromatic carbocycles. The first-order chi connectivity index (χ1) is 9.69. The predicted octanol–water partition coefficient (Wildman–Crippen LogP) is -1.11. The van der Waals surface area contributed by atoms with E-state index >= 15 is 0 Å². The molecule has 3 rings (SSSR count). The number of nitrogens with one attached hydrogen (secondary N) is 1. The van der Waals surface area contributed by atoms with Crippen molar-refractivity contribution in [1.82, 2.24) is 4.98 Å². The van der Waals surface area contributed by atoms with E-state index in [0.717, 1.165) is 5.92 Å². The van der Waals surface area contributed by atoms with Gasteiger partial charge in [0.1, 0.15) is 0 Å². The van der Waals surface area contributed by atoms with E-state index in [4.69, 9.17) is 0 Å². The molecular formula is C19H27Cl2NTi. The molecule has 23 heavy (non-hydrogen) atoms. The van der Waals surface area contributed by atoms with Crippen LogP contribution in [-0.4, -0.2) is 4.98 Å². The first-order valence-electron chi connectivity index (χ1n) is 8.04. The smallest absolute Gasteiger partial charge is 1.00 e. The van der Waals surface area contributed by atoms with Crippen LogP contribution in [-0.2, 0) is 24.6 Å². The molecule has 126 valence electrons. The van der Waals surface area contributed by atoms with E-state index in [-0.39, 0.29) is 49.4 Å². The van der Waals surface area contributed by atoms with E-state index in [1.807, 2.05) is 0 Å². The molecule has 0 radical (unpaired) electrons. The van der Waals surface area contributed by atoms with Crippen LogP contribution in [0.25, 0.3) is 0 Å². The Hall–Kier alpha value is 0.0543. The average Bonchev–Trinajstić information content (AvgIpc) is 2.91. The fourth-order valence-corrected chi connectivity index (χ4v) is 7.82. The van der Waals surface area contributed by atoms with Crippen LogP contribution in [0.15, 0.2) is 34.6 Å². The molecule has 2 aliphatic carbocycles. The van der Waals surface area contributed by atoms with Gasteiger partial charge in [-0.3, -0.25) is 0 Å². The zero-order chi connectivity index (χ0) is 15.6. The molecule has 0 saturated heterocycles. The monoisotopic (exact) mass is 387 g/mol. The van der Waals surface area contributed by atoms with Crippen molar-refractivity contribution in [3.63, 3.8) is 0 Å². The summed E-state index contributed by atoms with van der Waals surface area (Å²) < 4.78 is 1.99. The molecule has 0 spiro atoms. The Labute approximate surface area is 162 Å². The van der Waals surface area contributed by atoms with Crippen molar-refractivity contribution < 1.29 is 44.0 Å². The Balaban J connectivity index is 0.00000132. The van der Waals surface area contributed by atoms with E-state index in [2.05, 4.69) is 65.7 Å². The summed E-state index contributed by atoms with van der Waals surface area (Å²) in [5, 5.41) is 0. The van der Waals surface area contributed by atoms with Crippen molar-refractivity contribution in [3.8, 4) is 0 Å². The molecule has 1 aromatic heterocycles. The second-order valence-electron chi connectivity index (χ2n) is 7.91. The van der Waals surface area contributed by atoms with Crippen LogP contribution in [0.4, 0.5) is 0 Å². The van der Waals surface area contributed by atoms with Crippen LogP contribution in [0, 0.1) is 5.92 Å². The third kappa shape index (κ3) is 2.93. The molecule has 1 fully saturated rings. The number of hydrogen-bond donors (Lipinski definition) is 1. The van der Waals surface area contributed by atoms with Gasteiger partial charge in [-0.1, -0.05) is 0 Å². The summed E-state index contributed by atoms with van der Waals surface area (Å²) in [6.45, 7) is 16.5. The van der Waals surface area contributed by atoms with Crippen molar-refractivity contribution in [2.45, 2.75) is 64.0 Å². The van der Waals surface area contributed by atoms with E-state index in [9.17, 15) is 0 Å². The number of rotatable bonds is 2. The normalized spacial score (nSPS) is 26.1. The third-order valence-corrected chi connectivity index (χ3v) is 9.25. The number of aromatic nitrogens is 1. The summed E-state index contributed by atoms with van der Waals surface area (Å²) in [5.41, 5.74) is 8.38. The minimum Gasteiger partial charge on any atom is -1.00 e. The zero-order valence-electron chi connectivity index (χ0n) is 15.2. The minimum atomic E-state index is -0.235. The van der Waals surface area contributed by atoms with Gasteiger partial charge in [-0.2, -0.15) is 0 Å².